The van der Waals surface area contributed by atoms with Crippen molar-refractivity contribution in [2.24, 2.45) is 0 Å². The fourth-order valence-corrected chi connectivity index (χ4v) is 2.10. The number of aryl methyl sites for hydroxylation is 1. The van der Waals surface area contributed by atoms with Crippen molar-refractivity contribution < 1.29 is 4.79 Å². The van der Waals surface area contributed by atoms with Crippen molar-refractivity contribution in [1.29, 1.82) is 0 Å². The lowest BCUT2D eigenvalue weighted by atomic mass is 10.1. The molecule has 1 aromatic carbocycles. The second kappa shape index (κ2) is 5.13. The van der Waals surface area contributed by atoms with Crippen LogP contribution in [-0.2, 0) is 11.2 Å². The number of aromatic nitrogens is 3. The van der Waals surface area contributed by atoms with Crippen LogP contribution in [0.5, 0.6) is 0 Å². The van der Waals surface area contributed by atoms with Crippen LogP contribution in [0.2, 0.25) is 0 Å². The lowest BCUT2D eigenvalue weighted by Crippen LogP contribution is -2.15. The molecule has 0 aliphatic rings. The number of hydrogen-bond acceptors (Lipinski definition) is 3. The van der Waals surface area contributed by atoms with Gasteiger partial charge < -0.3 is 10.3 Å². The maximum atomic E-state index is 11.9. The van der Waals surface area contributed by atoms with Gasteiger partial charge in [-0.15, -0.1) is 0 Å². The van der Waals surface area contributed by atoms with E-state index in [1.165, 1.54) is 0 Å². The maximum Gasteiger partial charge on any atom is 0.229 e. The van der Waals surface area contributed by atoms with Gasteiger partial charge in [0.2, 0.25) is 5.91 Å². The lowest BCUT2D eigenvalue weighted by Gasteiger charge is -2.04. The summed E-state index contributed by atoms with van der Waals surface area (Å²) < 4.78 is 0. The van der Waals surface area contributed by atoms with E-state index < -0.39 is 0 Å². The van der Waals surface area contributed by atoms with Gasteiger partial charge in [0.15, 0.2) is 0 Å². The number of aromatic amines is 1. The van der Waals surface area contributed by atoms with Gasteiger partial charge in [0.1, 0.15) is 11.6 Å². The highest BCUT2D eigenvalue weighted by Gasteiger charge is 2.06. The number of H-pyrrole nitrogens is 1. The normalized spacial score (nSPS) is 10.7. The molecule has 5 nitrogen and oxygen atoms in total. The molecule has 3 rings (SSSR count). The number of fused-ring (bicyclic) bond motifs is 1. The van der Waals surface area contributed by atoms with Gasteiger partial charge in [0, 0.05) is 6.20 Å². The van der Waals surface area contributed by atoms with E-state index in [0.717, 1.165) is 22.4 Å². The van der Waals surface area contributed by atoms with Crippen LogP contribution in [-0.4, -0.2) is 20.9 Å². The molecule has 5 heteroatoms. The van der Waals surface area contributed by atoms with Crippen molar-refractivity contribution in [1.82, 2.24) is 15.0 Å². The molecular formula is C15H14N4O. The third-order valence-electron chi connectivity index (χ3n) is 2.96. The van der Waals surface area contributed by atoms with Crippen molar-refractivity contribution in [2.75, 3.05) is 5.32 Å². The van der Waals surface area contributed by atoms with E-state index in [1.54, 1.807) is 12.3 Å². The summed E-state index contributed by atoms with van der Waals surface area (Å²) in [7, 11) is 0. The zero-order valence-electron chi connectivity index (χ0n) is 11.1. The molecule has 20 heavy (non-hydrogen) atoms. The summed E-state index contributed by atoms with van der Waals surface area (Å²) >= 11 is 0. The number of benzene rings is 1. The first-order valence-electron chi connectivity index (χ1n) is 6.37. The molecule has 2 N–H and O–H groups in total. The molecule has 0 saturated carbocycles. The number of carbonyl (C=O) groups is 1. The number of amides is 1. The van der Waals surface area contributed by atoms with Crippen LogP contribution in [0.15, 0.2) is 42.6 Å². The number of anilines is 1. The molecular weight excluding hydrogens is 252 g/mol. The van der Waals surface area contributed by atoms with Crippen molar-refractivity contribution in [3.05, 3.63) is 54.0 Å². The van der Waals surface area contributed by atoms with Crippen molar-refractivity contribution in [3.63, 3.8) is 0 Å². The summed E-state index contributed by atoms with van der Waals surface area (Å²) in [6.07, 6.45) is 1.96. The topological polar surface area (TPSA) is 70.7 Å². The summed E-state index contributed by atoms with van der Waals surface area (Å²) in [5.74, 6) is 1.35. The number of nitrogens with zero attached hydrogens (tertiary/aromatic N) is 2. The number of hydrogen-bond donors (Lipinski definition) is 2. The van der Waals surface area contributed by atoms with E-state index in [1.807, 2.05) is 37.3 Å². The molecule has 0 aliphatic carbocycles. The minimum absolute atomic E-state index is 0.0840. The summed E-state index contributed by atoms with van der Waals surface area (Å²) in [6.45, 7) is 1.91. The van der Waals surface area contributed by atoms with Crippen molar-refractivity contribution >= 4 is 22.8 Å². The van der Waals surface area contributed by atoms with Crippen LogP contribution in [0.1, 0.15) is 11.4 Å². The Bertz CT molecular complexity index is 749. The molecule has 100 valence electrons. The molecule has 2 heterocycles. The van der Waals surface area contributed by atoms with Crippen LogP contribution >= 0.6 is 0 Å². The van der Waals surface area contributed by atoms with Gasteiger partial charge in [-0.2, -0.15) is 0 Å². The monoisotopic (exact) mass is 266 g/mol. The summed E-state index contributed by atoms with van der Waals surface area (Å²) in [4.78, 5) is 23.5. The summed E-state index contributed by atoms with van der Waals surface area (Å²) in [5, 5.41) is 2.77. The minimum Gasteiger partial charge on any atom is -0.342 e. The molecule has 2 aromatic heterocycles. The van der Waals surface area contributed by atoms with E-state index in [4.69, 9.17) is 0 Å². The quantitative estimate of drug-likeness (QED) is 0.765. The SMILES string of the molecule is Cc1nc2ccc(CC(=O)Nc3ccccn3)cc2[nH]1. The number of pyridine rings is 1. The Kier molecular flexibility index (Phi) is 3.16. The van der Waals surface area contributed by atoms with E-state index in [9.17, 15) is 4.79 Å². The van der Waals surface area contributed by atoms with Gasteiger partial charge in [-0.05, 0) is 36.8 Å². The predicted molar refractivity (Wildman–Crippen MR) is 77.4 cm³/mol. The second-order valence-electron chi connectivity index (χ2n) is 4.61. The van der Waals surface area contributed by atoms with Crippen molar-refractivity contribution in [3.8, 4) is 0 Å². The molecule has 1 amide bonds. The third-order valence-corrected chi connectivity index (χ3v) is 2.96. The van der Waals surface area contributed by atoms with E-state index >= 15 is 0 Å². The van der Waals surface area contributed by atoms with Gasteiger partial charge in [-0.3, -0.25) is 4.79 Å². The average Bonchev–Trinajstić information content (AvgIpc) is 2.79. The predicted octanol–water partition coefficient (Wildman–Crippen LogP) is 2.45. The Balaban J connectivity index is 1.74. The van der Waals surface area contributed by atoms with Gasteiger partial charge >= 0.3 is 0 Å². The molecule has 0 radical (unpaired) electrons. The number of nitrogens with one attached hydrogen (secondary N) is 2. The van der Waals surface area contributed by atoms with E-state index in [0.29, 0.717) is 12.2 Å². The number of rotatable bonds is 3. The first-order chi connectivity index (χ1) is 9.70. The molecule has 0 bridgehead atoms. The smallest absolute Gasteiger partial charge is 0.229 e. The standard InChI is InChI=1S/C15H14N4O/c1-10-17-12-6-5-11(8-13(12)18-10)9-15(20)19-14-4-2-3-7-16-14/h2-8H,9H2,1H3,(H,17,18)(H,16,19,20). The minimum atomic E-state index is -0.0840. The van der Waals surface area contributed by atoms with E-state index in [2.05, 4.69) is 20.3 Å². The van der Waals surface area contributed by atoms with Gasteiger partial charge in [-0.1, -0.05) is 12.1 Å². The van der Waals surface area contributed by atoms with Crippen LogP contribution in [0.3, 0.4) is 0 Å². The fourth-order valence-electron chi connectivity index (χ4n) is 2.10. The Hall–Kier alpha value is -2.69. The van der Waals surface area contributed by atoms with Crippen molar-refractivity contribution in [2.45, 2.75) is 13.3 Å². The highest BCUT2D eigenvalue weighted by atomic mass is 16.1. The first kappa shape index (κ1) is 12.3. The fraction of sp³-hybridized carbons (Fsp3) is 0.133. The molecule has 3 aromatic rings. The molecule has 0 atom stereocenters. The number of carbonyl (C=O) groups excluding carboxylic acids is 1. The zero-order valence-corrected chi connectivity index (χ0v) is 11.1. The molecule has 0 saturated heterocycles. The molecule has 0 aliphatic heterocycles. The zero-order chi connectivity index (χ0) is 13.9. The van der Waals surface area contributed by atoms with Crippen LogP contribution in [0, 0.1) is 6.92 Å². The Labute approximate surface area is 116 Å². The van der Waals surface area contributed by atoms with Crippen LogP contribution in [0.4, 0.5) is 5.82 Å². The third kappa shape index (κ3) is 2.66. The molecule has 0 spiro atoms. The summed E-state index contributed by atoms with van der Waals surface area (Å²) in [6, 6.07) is 11.2. The largest absolute Gasteiger partial charge is 0.342 e. The Morgan fingerprint density at radius 3 is 3.00 bits per heavy atom. The first-order valence-corrected chi connectivity index (χ1v) is 6.37. The highest BCUT2D eigenvalue weighted by molar-refractivity contribution is 5.92. The van der Waals surface area contributed by atoms with Crippen LogP contribution < -0.4 is 5.32 Å². The molecule has 0 fully saturated rings. The number of imidazole rings is 1. The maximum absolute atomic E-state index is 11.9. The lowest BCUT2D eigenvalue weighted by molar-refractivity contribution is -0.115. The van der Waals surface area contributed by atoms with Crippen LogP contribution in [0.25, 0.3) is 11.0 Å². The molecule has 0 unspecified atom stereocenters. The van der Waals surface area contributed by atoms with Gasteiger partial charge in [0.05, 0.1) is 17.5 Å². The highest BCUT2D eigenvalue weighted by Crippen LogP contribution is 2.14. The average molecular weight is 266 g/mol. The Morgan fingerprint density at radius 1 is 1.30 bits per heavy atom. The Morgan fingerprint density at radius 2 is 2.20 bits per heavy atom. The van der Waals surface area contributed by atoms with Gasteiger partial charge in [0.25, 0.3) is 0 Å². The second-order valence-corrected chi connectivity index (χ2v) is 4.61. The summed E-state index contributed by atoms with van der Waals surface area (Å²) in [5.41, 5.74) is 2.80. The van der Waals surface area contributed by atoms with Gasteiger partial charge in [-0.25, -0.2) is 9.97 Å². The van der Waals surface area contributed by atoms with E-state index in [-0.39, 0.29) is 5.91 Å².